The van der Waals surface area contributed by atoms with Crippen LogP contribution in [-0.2, 0) is 14.8 Å². The summed E-state index contributed by atoms with van der Waals surface area (Å²) in [5.74, 6) is -0.972. The van der Waals surface area contributed by atoms with Crippen LogP contribution in [-0.4, -0.2) is 50.2 Å². The van der Waals surface area contributed by atoms with Crippen LogP contribution in [0.1, 0.15) is 10.4 Å². The number of amides is 2. The summed E-state index contributed by atoms with van der Waals surface area (Å²) in [6.45, 7) is -0.271. The van der Waals surface area contributed by atoms with Gasteiger partial charge in [-0.25, -0.2) is 12.7 Å². The zero-order valence-electron chi connectivity index (χ0n) is 15.9. The molecule has 0 atom stereocenters. The van der Waals surface area contributed by atoms with Gasteiger partial charge in [-0.15, -0.1) is 0 Å². The summed E-state index contributed by atoms with van der Waals surface area (Å²) in [6.07, 6.45) is 1.63. The number of fused-ring (bicyclic) bond motifs is 1. The third kappa shape index (κ3) is 4.58. The van der Waals surface area contributed by atoms with E-state index in [-0.39, 0.29) is 17.0 Å². The van der Waals surface area contributed by atoms with E-state index in [0.29, 0.717) is 11.2 Å². The van der Waals surface area contributed by atoms with Crippen LogP contribution in [0.3, 0.4) is 0 Å². The summed E-state index contributed by atoms with van der Waals surface area (Å²) in [7, 11) is -0.836. The predicted molar refractivity (Wildman–Crippen MR) is 110 cm³/mol. The van der Waals surface area contributed by atoms with E-state index in [4.69, 9.17) is 0 Å². The number of pyridine rings is 1. The first-order valence-corrected chi connectivity index (χ1v) is 10.2. The quantitative estimate of drug-likeness (QED) is 0.642. The molecule has 3 aromatic rings. The van der Waals surface area contributed by atoms with Gasteiger partial charge in [0, 0.05) is 31.2 Å². The van der Waals surface area contributed by atoms with E-state index in [2.05, 4.69) is 15.6 Å². The number of aromatic nitrogens is 1. The van der Waals surface area contributed by atoms with E-state index in [1.165, 1.54) is 38.4 Å². The Hall–Kier alpha value is -3.30. The van der Waals surface area contributed by atoms with Gasteiger partial charge in [0.1, 0.15) is 0 Å². The van der Waals surface area contributed by atoms with Crippen LogP contribution < -0.4 is 10.6 Å². The van der Waals surface area contributed by atoms with Gasteiger partial charge in [-0.2, -0.15) is 0 Å². The highest BCUT2D eigenvalue weighted by atomic mass is 32.2. The molecule has 0 saturated carbocycles. The van der Waals surface area contributed by atoms with E-state index < -0.39 is 21.8 Å². The summed E-state index contributed by atoms with van der Waals surface area (Å²) in [6, 6.07) is 14.7. The van der Waals surface area contributed by atoms with Crippen molar-refractivity contribution in [3.05, 3.63) is 66.4 Å². The van der Waals surface area contributed by atoms with Crippen molar-refractivity contribution in [3.63, 3.8) is 0 Å². The lowest BCUT2D eigenvalue weighted by Crippen LogP contribution is -2.33. The first-order chi connectivity index (χ1) is 13.8. The first kappa shape index (κ1) is 20.4. The summed E-state index contributed by atoms with van der Waals surface area (Å²) in [4.78, 5) is 28.9. The Morgan fingerprint density at radius 2 is 1.76 bits per heavy atom. The zero-order valence-corrected chi connectivity index (χ0v) is 16.7. The fourth-order valence-electron chi connectivity index (χ4n) is 2.67. The van der Waals surface area contributed by atoms with Crippen molar-refractivity contribution in [2.45, 2.75) is 4.90 Å². The van der Waals surface area contributed by atoms with Gasteiger partial charge < -0.3 is 10.6 Å². The second kappa shape index (κ2) is 8.38. The van der Waals surface area contributed by atoms with Crippen molar-refractivity contribution >= 4 is 38.4 Å². The van der Waals surface area contributed by atoms with Gasteiger partial charge in [0.15, 0.2) is 0 Å². The van der Waals surface area contributed by atoms with Crippen LogP contribution in [0.25, 0.3) is 10.9 Å². The van der Waals surface area contributed by atoms with Crippen LogP contribution in [0.5, 0.6) is 0 Å². The second-order valence-corrected chi connectivity index (χ2v) is 8.58. The molecule has 1 heterocycles. The summed E-state index contributed by atoms with van der Waals surface area (Å²) < 4.78 is 25.5. The molecule has 9 heteroatoms. The topological polar surface area (TPSA) is 108 Å². The number of para-hydroxylation sites is 1. The third-order valence-electron chi connectivity index (χ3n) is 4.19. The normalized spacial score (nSPS) is 11.4. The molecular weight excluding hydrogens is 392 g/mol. The van der Waals surface area contributed by atoms with Gasteiger partial charge in [-0.3, -0.25) is 14.6 Å². The molecule has 0 radical (unpaired) electrons. The molecule has 0 saturated heterocycles. The third-order valence-corrected chi connectivity index (χ3v) is 6.00. The van der Waals surface area contributed by atoms with Crippen LogP contribution in [0.4, 0.5) is 5.69 Å². The van der Waals surface area contributed by atoms with Gasteiger partial charge in [0.25, 0.3) is 5.91 Å². The average molecular weight is 412 g/mol. The molecule has 0 fully saturated rings. The minimum Gasteiger partial charge on any atom is -0.343 e. The number of anilines is 1. The molecule has 0 unspecified atom stereocenters. The number of hydrogen-bond donors (Lipinski definition) is 2. The van der Waals surface area contributed by atoms with Crippen LogP contribution in [0.15, 0.2) is 65.7 Å². The number of sulfonamides is 1. The SMILES string of the molecule is CN(C)S(=O)(=O)c1cccc(C(=O)NCC(=O)Nc2cccc3cccnc23)c1. The molecule has 0 aliphatic rings. The average Bonchev–Trinajstić information content (AvgIpc) is 2.72. The fraction of sp³-hybridized carbons (Fsp3) is 0.150. The molecule has 150 valence electrons. The van der Waals surface area contributed by atoms with Gasteiger partial charge in [0.2, 0.25) is 15.9 Å². The molecule has 0 spiro atoms. The predicted octanol–water partition coefficient (Wildman–Crippen LogP) is 1.85. The summed E-state index contributed by atoms with van der Waals surface area (Å²) in [5.41, 5.74) is 1.34. The number of hydrogen-bond acceptors (Lipinski definition) is 5. The van der Waals surface area contributed by atoms with E-state index in [1.54, 1.807) is 24.4 Å². The van der Waals surface area contributed by atoms with E-state index in [1.807, 2.05) is 12.1 Å². The summed E-state index contributed by atoms with van der Waals surface area (Å²) in [5, 5.41) is 6.10. The van der Waals surface area contributed by atoms with E-state index >= 15 is 0 Å². The van der Waals surface area contributed by atoms with Crippen LogP contribution in [0, 0.1) is 0 Å². The highest BCUT2D eigenvalue weighted by Crippen LogP contribution is 2.20. The Kier molecular flexibility index (Phi) is 5.90. The Bertz CT molecular complexity index is 1170. The molecule has 8 nitrogen and oxygen atoms in total. The standard InChI is InChI=1S/C20H20N4O4S/c1-24(2)29(27,28)16-9-3-7-15(12-16)20(26)22-13-18(25)23-17-10-4-6-14-8-5-11-21-19(14)17/h3-12H,13H2,1-2H3,(H,22,26)(H,23,25). The lowest BCUT2D eigenvalue weighted by atomic mass is 10.2. The second-order valence-electron chi connectivity index (χ2n) is 6.43. The summed E-state index contributed by atoms with van der Waals surface area (Å²) >= 11 is 0. The largest absolute Gasteiger partial charge is 0.343 e. The molecule has 2 amide bonds. The van der Waals surface area contributed by atoms with Gasteiger partial charge in [0.05, 0.1) is 22.6 Å². The maximum absolute atomic E-state index is 12.4. The van der Waals surface area contributed by atoms with Gasteiger partial charge >= 0.3 is 0 Å². The number of benzene rings is 2. The number of nitrogens with zero attached hydrogens (tertiary/aromatic N) is 2. The van der Waals surface area contributed by atoms with Crippen molar-refractivity contribution in [3.8, 4) is 0 Å². The molecule has 3 rings (SSSR count). The van der Waals surface area contributed by atoms with Crippen molar-refractivity contribution < 1.29 is 18.0 Å². The maximum Gasteiger partial charge on any atom is 0.251 e. The Labute approximate surface area is 168 Å². The van der Waals surface area contributed by atoms with Crippen molar-refractivity contribution in [2.24, 2.45) is 0 Å². The molecule has 0 aliphatic carbocycles. The van der Waals surface area contributed by atoms with Gasteiger partial charge in [-0.1, -0.05) is 24.3 Å². The first-order valence-electron chi connectivity index (χ1n) is 8.73. The molecule has 2 N–H and O–H groups in total. The molecule has 0 aliphatic heterocycles. The highest BCUT2D eigenvalue weighted by molar-refractivity contribution is 7.89. The number of nitrogens with one attached hydrogen (secondary N) is 2. The molecule has 1 aromatic heterocycles. The number of carbonyl (C=O) groups is 2. The minimum atomic E-state index is -3.66. The molecule has 29 heavy (non-hydrogen) atoms. The van der Waals surface area contributed by atoms with E-state index in [9.17, 15) is 18.0 Å². The van der Waals surface area contributed by atoms with E-state index in [0.717, 1.165) is 9.69 Å². The van der Waals surface area contributed by atoms with Crippen LogP contribution in [0.2, 0.25) is 0 Å². The van der Waals surface area contributed by atoms with Crippen molar-refractivity contribution in [1.29, 1.82) is 0 Å². The number of rotatable bonds is 6. The van der Waals surface area contributed by atoms with Crippen molar-refractivity contribution in [1.82, 2.24) is 14.6 Å². The fourth-order valence-corrected chi connectivity index (χ4v) is 3.62. The Morgan fingerprint density at radius 1 is 1.03 bits per heavy atom. The minimum absolute atomic E-state index is 0.00133. The Morgan fingerprint density at radius 3 is 2.52 bits per heavy atom. The Balaban J connectivity index is 1.67. The smallest absolute Gasteiger partial charge is 0.251 e. The van der Waals surface area contributed by atoms with Crippen LogP contribution >= 0.6 is 0 Å². The monoisotopic (exact) mass is 412 g/mol. The van der Waals surface area contributed by atoms with Gasteiger partial charge in [-0.05, 0) is 30.3 Å². The lowest BCUT2D eigenvalue weighted by molar-refractivity contribution is -0.115. The highest BCUT2D eigenvalue weighted by Gasteiger charge is 2.19. The molecular formula is C20H20N4O4S. The lowest BCUT2D eigenvalue weighted by Gasteiger charge is -2.12. The maximum atomic E-state index is 12.4. The number of carbonyl (C=O) groups excluding carboxylic acids is 2. The van der Waals surface area contributed by atoms with Crippen molar-refractivity contribution in [2.75, 3.05) is 26.0 Å². The molecule has 2 aromatic carbocycles. The zero-order chi connectivity index (χ0) is 21.0. The molecule has 0 bridgehead atoms.